The molecule has 21 heavy (non-hydrogen) atoms. The van der Waals surface area contributed by atoms with Crippen molar-refractivity contribution in [1.29, 1.82) is 0 Å². The van der Waals surface area contributed by atoms with E-state index in [0.717, 1.165) is 0 Å². The molecule has 0 saturated carbocycles. The van der Waals surface area contributed by atoms with E-state index in [1.165, 1.54) is 6.39 Å². The number of hydrogen-bond donors (Lipinski definition) is 1. The van der Waals surface area contributed by atoms with Gasteiger partial charge in [0.2, 0.25) is 0 Å². The number of nitrogens with one attached hydrogen (secondary N) is 1. The molecule has 3 rings (SSSR count). The van der Waals surface area contributed by atoms with Crippen LogP contribution in [0.25, 0.3) is 11.1 Å². The maximum atomic E-state index is 12.3. The first-order valence-electron chi connectivity index (χ1n) is 6.64. The molecule has 5 heteroatoms. The number of nitrogens with zero attached hydrogens (tertiary/aromatic N) is 1. The van der Waals surface area contributed by atoms with Crippen molar-refractivity contribution in [3.8, 4) is 5.75 Å². The van der Waals surface area contributed by atoms with Gasteiger partial charge < -0.3 is 14.5 Å². The molecular weight excluding hydrogens is 268 g/mol. The number of para-hydroxylation sites is 2. The van der Waals surface area contributed by atoms with Crippen LogP contribution in [0.4, 0.5) is 5.69 Å². The zero-order valence-corrected chi connectivity index (χ0v) is 11.5. The third kappa shape index (κ3) is 2.72. The Kier molecular flexibility index (Phi) is 3.55. The number of benzene rings is 2. The van der Waals surface area contributed by atoms with Crippen molar-refractivity contribution in [1.82, 2.24) is 4.98 Å². The van der Waals surface area contributed by atoms with Crippen molar-refractivity contribution in [2.75, 3.05) is 11.9 Å². The molecule has 1 N–H and O–H groups in total. The number of hydrogen-bond acceptors (Lipinski definition) is 4. The van der Waals surface area contributed by atoms with Gasteiger partial charge in [-0.1, -0.05) is 12.1 Å². The van der Waals surface area contributed by atoms with Gasteiger partial charge in [0.05, 0.1) is 12.3 Å². The molecule has 106 valence electrons. The molecule has 5 nitrogen and oxygen atoms in total. The van der Waals surface area contributed by atoms with E-state index < -0.39 is 0 Å². The highest BCUT2D eigenvalue weighted by Gasteiger charge is 2.11. The molecule has 1 heterocycles. The first kappa shape index (κ1) is 13.2. The van der Waals surface area contributed by atoms with Crippen LogP contribution in [-0.2, 0) is 0 Å². The van der Waals surface area contributed by atoms with Crippen molar-refractivity contribution < 1.29 is 13.9 Å². The fraction of sp³-hybridized carbons (Fsp3) is 0.125. The van der Waals surface area contributed by atoms with Crippen molar-refractivity contribution in [2.24, 2.45) is 0 Å². The lowest BCUT2D eigenvalue weighted by atomic mass is 10.2. The number of rotatable bonds is 4. The summed E-state index contributed by atoms with van der Waals surface area (Å²) in [6.07, 6.45) is 1.36. The minimum atomic E-state index is -0.216. The minimum Gasteiger partial charge on any atom is -0.492 e. The Morgan fingerprint density at radius 1 is 1.29 bits per heavy atom. The van der Waals surface area contributed by atoms with Gasteiger partial charge in [0.1, 0.15) is 11.3 Å². The normalized spacial score (nSPS) is 10.5. The Bertz CT molecular complexity index is 780. The van der Waals surface area contributed by atoms with E-state index in [2.05, 4.69) is 10.3 Å². The molecule has 0 saturated heterocycles. The SMILES string of the molecule is CCOc1ccccc1NC(=O)c1ccc2ocnc2c1. The highest BCUT2D eigenvalue weighted by molar-refractivity contribution is 6.06. The maximum absolute atomic E-state index is 12.3. The van der Waals surface area contributed by atoms with E-state index in [4.69, 9.17) is 9.15 Å². The van der Waals surface area contributed by atoms with Gasteiger partial charge in [0.25, 0.3) is 5.91 Å². The molecule has 0 aliphatic rings. The third-order valence-corrected chi connectivity index (χ3v) is 3.03. The highest BCUT2D eigenvalue weighted by atomic mass is 16.5. The smallest absolute Gasteiger partial charge is 0.255 e. The minimum absolute atomic E-state index is 0.216. The largest absolute Gasteiger partial charge is 0.492 e. The number of carbonyl (C=O) groups is 1. The predicted octanol–water partition coefficient (Wildman–Crippen LogP) is 3.48. The van der Waals surface area contributed by atoms with Crippen molar-refractivity contribution in [3.05, 3.63) is 54.4 Å². The Morgan fingerprint density at radius 3 is 3.00 bits per heavy atom. The van der Waals surface area contributed by atoms with E-state index in [0.29, 0.717) is 34.7 Å². The second-order valence-electron chi connectivity index (χ2n) is 4.42. The molecule has 2 aromatic carbocycles. The number of amides is 1. The molecule has 1 amide bonds. The number of ether oxygens (including phenoxy) is 1. The summed E-state index contributed by atoms with van der Waals surface area (Å²) in [5, 5.41) is 2.85. The molecule has 0 radical (unpaired) electrons. The number of anilines is 1. The summed E-state index contributed by atoms with van der Waals surface area (Å²) < 4.78 is 10.6. The van der Waals surface area contributed by atoms with E-state index in [1.807, 2.05) is 25.1 Å². The summed E-state index contributed by atoms with van der Waals surface area (Å²) >= 11 is 0. The number of fused-ring (bicyclic) bond motifs is 1. The molecule has 0 fully saturated rings. The summed E-state index contributed by atoms with van der Waals surface area (Å²) in [4.78, 5) is 16.4. The Labute approximate surface area is 121 Å². The quantitative estimate of drug-likeness (QED) is 0.795. The lowest BCUT2D eigenvalue weighted by Gasteiger charge is -2.11. The lowest BCUT2D eigenvalue weighted by Crippen LogP contribution is -2.12. The first-order valence-corrected chi connectivity index (χ1v) is 6.64. The number of oxazole rings is 1. The Balaban J connectivity index is 1.85. The van der Waals surface area contributed by atoms with E-state index in [9.17, 15) is 4.79 Å². The molecule has 0 aliphatic carbocycles. The van der Waals surface area contributed by atoms with E-state index in [-0.39, 0.29) is 5.91 Å². The molecule has 0 spiro atoms. The summed E-state index contributed by atoms with van der Waals surface area (Å²) in [6.45, 7) is 2.44. The summed E-state index contributed by atoms with van der Waals surface area (Å²) in [5.41, 5.74) is 2.47. The topological polar surface area (TPSA) is 64.4 Å². The van der Waals surface area contributed by atoms with Gasteiger partial charge in [-0.05, 0) is 37.3 Å². The van der Waals surface area contributed by atoms with Crippen molar-refractivity contribution in [2.45, 2.75) is 6.92 Å². The predicted molar refractivity (Wildman–Crippen MR) is 79.6 cm³/mol. The van der Waals surface area contributed by atoms with Gasteiger partial charge in [-0.2, -0.15) is 0 Å². The molecule has 0 bridgehead atoms. The number of carbonyl (C=O) groups excluding carboxylic acids is 1. The van der Waals surface area contributed by atoms with Gasteiger partial charge >= 0.3 is 0 Å². The monoisotopic (exact) mass is 282 g/mol. The van der Waals surface area contributed by atoms with Crippen LogP contribution in [0.15, 0.2) is 53.3 Å². The van der Waals surface area contributed by atoms with Crippen LogP contribution in [-0.4, -0.2) is 17.5 Å². The van der Waals surface area contributed by atoms with E-state index in [1.54, 1.807) is 24.3 Å². The van der Waals surface area contributed by atoms with Gasteiger partial charge in [-0.15, -0.1) is 0 Å². The molecule has 0 aliphatic heterocycles. The standard InChI is InChI=1S/C16H14N2O3/c1-2-20-14-6-4-3-5-12(14)18-16(19)11-7-8-15-13(9-11)17-10-21-15/h3-10H,2H2,1H3,(H,18,19). The second kappa shape index (κ2) is 5.66. The average molecular weight is 282 g/mol. The maximum Gasteiger partial charge on any atom is 0.255 e. The van der Waals surface area contributed by atoms with Crippen LogP contribution in [0.3, 0.4) is 0 Å². The van der Waals surface area contributed by atoms with Gasteiger partial charge in [0, 0.05) is 5.56 Å². The van der Waals surface area contributed by atoms with Crippen LogP contribution in [0, 0.1) is 0 Å². The van der Waals surface area contributed by atoms with Crippen LogP contribution in [0.1, 0.15) is 17.3 Å². The Morgan fingerprint density at radius 2 is 2.14 bits per heavy atom. The summed E-state index contributed by atoms with van der Waals surface area (Å²) in [6, 6.07) is 12.5. The first-order chi connectivity index (χ1) is 10.3. The van der Waals surface area contributed by atoms with Gasteiger partial charge in [0.15, 0.2) is 12.0 Å². The van der Waals surface area contributed by atoms with Crippen LogP contribution < -0.4 is 10.1 Å². The lowest BCUT2D eigenvalue weighted by molar-refractivity contribution is 0.102. The summed E-state index contributed by atoms with van der Waals surface area (Å²) in [7, 11) is 0. The zero-order valence-electron chi connectivity index (χ0n) is 11.5. The average Bonchev–Trinajstić information content (AvgIpc) is 2.97. The molecule has 0 unspecified atom stereocenters. The van der Waals surface area contributed by atoms with Crippen molar-refractivity contribution >= 4 is 22.7 Å². The van der Waals surface area contributed by atoms with Gasteiger partial charge in [-0.25, -0.2) is 4.98 Å². The fourth-order valence-electron chi connectivity index (χ4n) is 2.04. The molecular formula is C16H14N2O3. The fourth-order valence-corrected chi connectivity index (χ4v) is 2.04. The molecule has 0 atom stereocenters. The second-order valence-corrected chi connectivity index (χ2v) is 4.42. The van der Waals surface area contributed by atoms with Crippen molar-refractivity contribution in [3.63, 3.8) is 0 Å². The Hall–Kier alpha value is -2.82. The zero-order chi connectivity index (χ0) is 14.7. The van der Waals surface area contributed by atoms with Crippen LogP contribution >= 0.6 is 0 Å². The molecule has 3 aromatic rings. The number of aromatic nitrogens is 1. The van der Waals surface area contributed by atoms with E-state index >= 15 is 0 Å². The van der Waals surface area contributed by atoms with Crippen LogP contribution in [0.2, 0.25) is 0 Å². The third-order valence-electron chi connectivity index (χ3n) is 3.03. The molecule has 1 aromatic heterocycles. The van der Waals surface area contributed by atoms with Crippen LogP contribution in [0.5, 0.6) is 5.75 Å². The highest BCUT2D eigenvalue weighted by Crippen LogP contribution is 2.24. The van der Waals surface area contributed by atoms with Gasteiger partial charge in [-0.3, -0.25) is 4.79 Å². The summed E-state index contributed by atoms with van der Waals surface area (Å²) in [5.74, 6) is 0.433.